The summed E-state index contributed by atoms with van der Waals surface area (Å²) in [5, 5.41) is 9.38. The zero-order valence-electron chi connectivity index (χ0n) is 12.3. The molecule has 0 unspecified atom stereocenters. The highest BCUT2D eigenvalue weighted by Gasteiger charge is 2.36. The molecular formula is C16H26N2O2. The van der Waals surface area contributed by atoms with Crippen molar-refractivity contribution in [2.75, 3.05) is 19.7 Å². The van der Waals surface area contributed by atoms with Crippen molar-refractivity contribution in [3.8, 4) is 0 Å². The molecule has 0 aromatic heterocycles. The van der Waals surface area contributed by atoms with E-state index in [1.165, 1.54) is 18.5 Å². The van der Waals surface area contributed by atoms with Gasteiger partial charge in [0.15, 0.2) is 0 Å². The molecule has 1 atom stereocenters. The summed E-state index contributed by atoms with van der Waals surface area (Å²) >= 11 is 0. The van der Waals surface area contributed by atoms with E-state index in [0.29, 0.717) is 12.6 Å². The molecule has 20 heavy (non-hydrogen) atoms. The minimum absolute atomic E-state index is 0.180. The van der Waals surface area contributed by atoms with E-state index in [4.69, 9.17) is 0 Å². The number of carbonyl (C=O) groups is 1. The molecule has 1 amide bonds. The first-order valence-corrected chi connectivity index (χ1v) is 8.15. The molecule has 0 aromatic rings. The van der Waals surface area contributed by atoms with Gasteiger partial charge in [-0.05, 0) is 57.9 Å². The molecule has 0 radical (unpaired) electrons. The summed E-state index contributed by atoms with van der Waals surface area (Å²) in [6.07, 6.45) is 11.4. The van der Waals surface area contributed by atoms with E-state index >= 15 is 0 Å². The van der Waals surface area contributed by atoms with Crippen molar-refractivity contribution in [2.24, 2.45) is 0 Å². The maximum atomic E-state index is 12.7. The van der Waals surface area contributed by atoms with Crippen molar-refractivity contribution in [1.29, 1.82) is 0 Å². The van der Waals surface area contributed by atoms with E-state index < -0.39 is 0 Å². The predicted molar refractivity (Wildman–Crippen MR) is 78.1 cm³/mol. The molecule has 2 fully saturated rings. The monoisotopic (exact) mass is 278 g/mol. The van der Waals surface area contributed by atoms with E-state index in [1.54, 1.807) is 0 Å². The number of carbonyl (C=O) groups excluding carboxylic acids is 1. The van der Waals surface area contributed by atoms with Crippen LogP contribution in [0, 0.1) is 0 Å². The van der Waals surface area contributed by atoms with Crippen molar-refractivity contribution in [3.05, 3.63) is 11.8 Å². The summed E-state index contributed by atoms with van der Waals surface area (Å²) in [6.45, 7) is 1.62. The average Bonchev–Trinajstić information content (AvgIpc) is 3.19. The lowest BCUT2D eigenvalue weighted by molar-refractivity contribution is -0.131. The quantitative estimate of drug-likeness (QED) is 0.835. The molecule has 1 heterocycles. The lowest BCUT2D eigenvalue weighted by Gasteiger charge is -2.31. The molecule has 0 spiro atoms. The fourth-order valence-corrected chi connectivity index (χ4v) is 3.53. The Balaban J connectivity index is 1.65. The fraction of sp³-hybridized carbons (Fsp3) is 0.812. The molecule has 2 aliphatic carbocycles. The molecule has 1 aliphatic heterocycles. The highest BCUT2D eigenvalue weighted by atomic mass is 16.3. The second kappa shape index (κ2) is 6.27. The number of nitrogens with zero attached hydrogens (tertiary/aromatic N) is 2. The Morgan fingerprint density at radius 3 is 2.80 bits per heavy atom. The van der Waals surface area contributed by atoms with Crippen molar-refractivity contribution in [3.63, 3.8) is 0 Å². The SMILES string of the molecule is O=C(CN1CCC[C@H]1CO)N(C1=CCCCC1)C1CC1. The van der Waals surface area contributed by atoms with Crippen LogP contribution in [0.25, 0.3) is 0 Å². The molecule has 3 aliphatic rings. The minimum Gasteiger partial charge on any atom is -0.395 e. The molecule has 1 saturated carbocycles. The summed E-state index contributed by atoms with van der Waals surface area (Å²) in [7, 11) is 0. The zero-order valence-corrected chi connectivity index (χ0v) is 12.3. The van der Waals surface area contributed by atoms with Gasteiger partial charge in [-0.15, -0.1) is 0 Å². The van der Waals surface area contributed by atoms with Gasteiger partial charge < -0.3 is 10.0 Å². The van der Waals surface area contributed by atoms with Crippen LogP contribution in [0.3, 0.4) is 0 Å². The number of likely N-dealkylation sites (tertiary alicyclic amines) is 1. The molecule has 4 nitrogen and oxygen atoms in total. The lowest BCUT2D eigenvalue weighted by atomic mass is 10.0. The van der Waals surface area contributed by atoms with Crippen LogP contribution < -0.4 is 0 Å². The summed E-state index contributed by atoms with van der Waals surface area (Å²) in [4.78, 5) is 17.0. The first-order chi connectivity index (χ1) is 9.79. The van der Waals surface area contributed by atoms with Gasteiger partial charge in [-0.3, -0.25) is 9.69 Å². The van der Waals surface area contributed by atoms with E-state index in [-0.39, 0.29) is 18.6 Å². The number of hydrogen-bond donors (Lipinski definition) is 1. The predicted octanol–water partition coefficient (Wildman–Crippen LogP) is 1.89. The third-order valence-electron chi connectivity index (χ3n) is 4.81. The van der Waals surface area contributed by atoms with Gasteiger partial charge in [0, 0.05) is 17.8 Å². The fourth-order valence-electron chi connectivity index (χ4n) is 3.53. The average molecular weight is 278 g/mol. The van der Waals surface area contributed by atoms with Gasteiger partial charge in [-0.25, -0.2) is 0 Å². The van der Waals surface area contributed by atoms with Crippen LogP contribution in [0.2, 0.25) is 0 Å². The molecule has 1 N–H and O–H groups in total. The van der Waals surface area contributed by atoms with Gasteiger partial charge in [-0.2, -0.15) is 0 Å². The Labute approximate surface area is 121 Å². The summed E-state index contributed by atoms with van der Waals surface area (Å²) in [6, 6.07) is 0.655. The zero-order chi connectivity index (χ0) is 13.9. The van der Waals surface area contributed by atoms with Crippen molar-refractivity contribution >= 4 is 5.91 Å². The molecule has 112 valence electrons. The topological polar surface area (TPSA) is 43.8 Å². The highest BCUT2D eigenvalue weighted by molar-refractivity contribution is 5.81. The van der Waals surface area contributed by atoms with Crippen LogP contribution in [-0.2, 0) is 4.79 Å². The molecule has 0 bridgehead atoms. The van der Waals surface area contributed by atoms with E-state index in [1.807, 2.05) is 0 Å². The summed E-state index contributed by atoms with van der Waals surface area (Å²) in [5.41, 5.74) is 1.27. The Hall–Kier alpha value is -0.870. The molecular weight excluding hydrogens is 252 g/mol. The molecule has 4 heteroatoms. The number of aliphatic hydroxyl groups is 1. The summed E-state index contributed by atoms with van der Waals surface area (Å²) in [5.74, 6) is 0.251. The van der Waals surface area contributed by atoms with Crippen LogP contribution in [0.4, 0.5) is 0 Å². The molecule has 0 aromatic carbocycles. The van der Waals surface area contributed by atoms with Crippen LogP contribution in [0.5, 0.6) is 0 Å². The normalized spacial score (nSPS) is 27.4. The number of hydrogen-bond acceptors (Lipinski definition) is 3. The van der Waals surface area contributed by atoms with Gasteiger partial charge >= 0.3 is 0 Å². The smallest absolute Gasteiger partial charge is 0.241 e. The molecule has 3 rings (SSSR count). The standard InChI is InChI=1S/C16H26N2O2/c19-12-15-7-4-10-17(15)11-16(20)18(14-8-9-14)13-5-2-1-3-6-13/h5,14-15,19H,1-4,6-12H2/t15-/m0/s1. The molecule has 1 saturated heterocycles. The van der Waals surface area contributed by atoms with E-state index in [9.17, 15) is 9.90 Å². The largest absolute Gasteiger partial charge is 0.395 e. The van der Waals surface area contributed by atoms with Gasteiger partial charge in [0.2, 0.25) is 5.91 Å². The second-order valence-electron chi connectivity index (χ2n) is 6.39. The van der Waals surface area contributed by atoms with Gasteiger partial charge in [0.05, 0.1) is 13.2 Å². The van der Waals surface area contributed by atoms with Crippen LogP contribution >= 0.6 is 0 Å². The number of aliphatic hydroxyl groups excluding tert-OH is 1. The number of rotatable bonds is 5. The maximum Gasteiger partial charge on any atom is 0.241 e. The lowest BCUT2D eigenvalue weighted by Crippen LogP contribution is -2.43. The second-order valence-corrected chi connectivity index (χ2v) is 6.39. The Morgan fingerprint density at radius 2 is 2.15 bits per heavy atom. The third-order valence-corrected chi connectivity index (χ3v) is 4.81. The van der Waals surface area contributed by atoms with Gasteiger partial charge in [-0.1, -0.05) is 6.08 Å². The van der Waals surface area contributed by atoms with Crippen LogP contribution in [0.1, 0.15) is 51.4 Å². The van der Waals surface area contributed by atoms with Crippen LogP contribution in [-0.4, -0.2) is 52.6 Å². The van der Waals surface area contributed by atoms with E-state index in [2.05, 4.69) is 15.9 Å². The van der Waals surface area contributed by atoms with Gasteiger partial charge in [0.1, 0.15) is 0 Å². The van der Waals surface area contributed by atoms with Crippen molar-refractivity contribution in [2.45, 2.75) is 63.5 Å². The Bertz CT molecular complexity index is 390. The third kappa shape index (κ3) is 3.07. The first-order valence-electron chi connectivity index (χ1n) is 8.15. The maximum absolute atomic E-state index is 12.7. The number of allylic oxidation sites excluding steroid dienone is 2. The highest BCUT2D eigenvalue weighted by Crippen LogP contribution is 2.34. The Morgan fingerprint density at radius 1 is 1.30 bits per heavy atom. The Kier molecular flexibility index (Phi) is 4.41. The van der Waals surface area contributed by atoms with Crippen LogP contribution in [0.15, 0.2) is 11.8 Å². The van der Waals surface area contributed by atoms with Crippen molar-refractivity contribution in [1.82, 2.24) is 9.80 Å². The minimum atomic E-state index is 0.180. The number of amides is 1. The first kappa shape index (κ1) is 14.1. The van der Waals surface area contributed by atoms with E-state index in [0.717, 1.165) is 45.1 Å². The van der Waals surface area contributed by atoms with Crippen molar-refractivity contribution < 1.29 is 9.90 Å². The summed E-state index contributed by atoms with van der Waals surface area (Å²) < 4.78 is 0. The van der Waals surface area contributed by atoms with Gasteiger partial charge in [0.25, 0.3) is 0 Å².